The number of ether oxygens (including phenoxy) is 1. The zero-order chi connectivity index (χ0) is 12.7. The first-order valence-corrected chi connectivity index (χ1v) is 6.46. The predicted octanol–water partition coefficient (Wildman–Crippen LogP) is 3.33. The molecule has 18 heavy (non-hydrogen) atoms. The van der Waals surface area contributed by atoms with Crippen LogP contribution in [0, 0.1) is 5.92 Å². The van der Waals surface area contributed by atoms with Crippen LogP contribution in [0.25, 0.3) is 10.8 Å². The third kappa shape index (κ3) is 1.77. The van der Waals surface area contributed by atoms with E-state index in [0.29, 0.717) is 11.8 Å². The molecule has 0 saturated heterocycles. The summed E-state index contributed by atoms with van der Waals surface area (Å²) in [7, 11) is 1.72. The molecule has 1 fully saturated rings. The molecule has 0 spiro atoms. The molecule has 2 aromatic carbocycles. The fourth-order valence-corrected chi connectivity index (χ4v) is 2.92. The highest BCUT2D eigenvalue weighted by Crippen LogP contribution is 2.54. The van der Waals surface area contributed by atoms with Crippen LogP contribution in [0.1, 0.15) is 24.8 Å². The molecule has 1 saturated carbocycles. The summed E-state index contributed by atoms with van der Waals surface area (Å²) in [4.78, 5) is 0. The topological polar surface area (TPSA) is 29.5 Å². The molecule has 0 radical (unpaired) electrons. The number of aliphatic hydroxyl groups is 1. The second-order valence-corrected chi connectivity index (χ2v) is 5.15. The van der Waals surface area contributed by atoms with E-state index >= 15 is 0 Å². The van der Waals surface area contributed by atoms with Crippen LogP contribution in [-0.2, 0) is 0 Å². The van der Waals surface area contributed by atoms with Crippen molar-refractivity contribution in [3.63, 3.8) is 0 Å². The van der Waals surface area contributed by atoms with Crippen molar-refractivity contribution in [1.29, 1.82) is 0 Å². The molecular weight excluding hydrogens is 224 g/mol. The number of aliphatic hydroxyl groups excluding tert-OH is 1. The first kappa shape index (κ1) is 11.5. The lowest BCUT2D eigenvalue weighted by Crippen LogP contribution is -2.04. The fraction of sp³-hybridized carbons (Fsp3) is 0.375. The van der Waals surface area contributed by atoms with Gasteiger partial charge < -0.3 is 9.84 Å². The Morgan fingerprint density at radius 2 is 2.00 bits per heavy atom. The summed E-state index contributed by atoms with van der Waals surface area (Å²) >= 11 is 0. The molecule has 3 atom stereocenters. The van der Waals surface area contributed by atoms with Crippen molar-refractivity contribution >= 4 is 10.8 Å². The van der Waals surface area contributed by atoms with Gasteiger partial charge in [0.15, 0.2) is 0 Å². The largest absolute Gasteiger partial charge is 0.496 e. The Bertz CT molecular complexity index is 574. The summed E-state index contributed by atoms with van der Waals surface area (Å²) in [5.41, 5.74) is 1.27. The van der Waals surface area contributed by atoms with E-state index in [-0.39, 0.29) is 6.10 Å². The van der Waals surface area contributed by atoms with Crippen molar-refractivity contribution in [3.05, 3.63) is 42.0 Å². The van der Waals surface area contributed by atoms with Crippen molar-refractivity contribution in [3.8, 4) is 5.75 Å². The van der Waals surface area contributed by atoms with Gasteiger partial charge in [-0.2, -0.15) is 0 Å². The molecule has 0 aromatic heterocycles. The van der Waals surface area contributed by atoms with Gasteiger partial charge >= 0.3 is 0 Å². The zero-order valence-corrected chi connectivity index (χ0v) is 10.8. The molecule has 0 unspecified atom stereocenters. The van der Waals surface area contributed by atoms with E-state index in [1.54, 1.807) is 7.11 Å². The predicted molar refractivity (Wildman–Crippen MR) is 73.0 cm³/mol. The molecule has 1 N–H and O–H groups in total. The molecule has 2 heteroatoms. The number of rotatable bonds is 3. The molecule has 0 bridgehead atoms. The third-order valence-electron chi connectivity index (χ3n) is 3.98. The van der Waals surface area contributed by atoms with Crippen LogP contribution in [0.2, 0.25) is 0 Å². The van der Waals surface area contributed by atoms with Gasteiger partial charge in [-0.15, -0.1) is 0 Å². The van der Waals surface area contributed by atoms with Gasteiger partial charge in [0.2, 0.25) is 0 Å². The SMILES string of the molecule is COc1ccc2ccccc2c1[C@H]1C[C@H]1[C@H](C)O. The molecule has 0 aliphatic heterocycles. The van der Waals surface area contributed by atoms with Gasteiger partial charge in [0.05, 0.1) is 13.2 Å². The lowest BCUT2D eigenvalue weighted by atomic mass is 9.98. The quantitative estimate of drug-likeness (QED) is 0.894. The van der Waals surface area contributed by atoms with Crippen LogP contribution in [-0.4, -0.2) is 18.3 Å². The molecule has 94 valence electrons. The Kier molecular flexibility index (Phi) is 2.75. The van der Waals surface area contributed by atoms with Crippen LogP contribution < -0.4 is 4.74 Å². The van der Waals surface area contributed by atoms with Gasteiger partial charge in [-0.3, -0.25) is 0 Å². The van der Waals surface area contributed by atoms with Gasteiger partial charge in [-0.25, -0.2) is 0 Å². The van der Waals surface area contributed by atoms with E-state index in [4.69, 9.17) is 4.74 Å². The first-order valence-electron chi connectivity index (χ1n) is 6.46. The minimum atomic E-state index is -0.237. The van der Waals surface area contributed by atoms with Gasteiger partial charge in [0.25, 0.3) is 0 Å². The van der Waals surface area contributed by atoms with Gasteiger partial charge in [-0.1, -0.05) is 30.3 Å². The van der Waals surface area contributed by atoms with E-state index in [1.165, 1.54) is 16.3 Å². The highest BCUT2D eigenvalue weighted by molar-refractivity contribution is 5.88. The smallest absolute Gasteiger partial charge is 0.122 e. The molecule has 1 aliphatic carbocycles. The number of fused-ring (bicyclic) bond motifs is 1. The van der Waals surface area contributed by atoms with E-state index in [9.17, 15) is 5.11 Å². The van der Waals surface area contributed by atoms with Gasteiger partial charge in [0.1, 0.15) is 5.75 Å². The molecule has 0 amide bonds. The highest BCUT2D eigenvalue weighted by Gasteiger charge is 2.43. The molecule has 1 aliphatic rings. The monoisotopic (exact) mass is 242 g/mol. The van der Waals surface area contributed by atoms with Crippen molar-refractivity contribution in [2.45, 2.75) is 25.4 Å². The summed E-state index contributed by atoms with van der Waals surface area (Å²) in [6.07, 6.45) is 0.820. The molecular formula is C16H18O2. The number of benzene rings is 2. The summed E-state index contributed by atoms with van der Waals surface area (Å²) in [6, 6.07) is 12.5. The van der Waals surface area contributed by atoms with Gasteiger partial charge in [0, 0.05) is 5.56 Å². The van der Waals surface area contributed by atoms with Crippen molar-refractivity contribution in [2.75, 3.05) is 7.11 Å². The molecule has 2 aromatic rings. The normalized spacial score (nSPS) is 23.9. The van der Waals surface area contributed by atoms with E-state index < -0.39 is 0 Å². The van der Waals surface area contributed by atoms with Crippen molar-refractivity contribution in [2.24, 2.45) is 5.92 Å². The number of methoxy groups -OCH3 is 1. The first-order chi connectivity index (χ1) is 8.72. The number of hydrogen-bond donors (Lipinski definition) is 1. The maximum Gasteiger partial charge on any atom is 0.122 e. The second kappa shape index (κ2) is 4.29. The standard InChI is InChI=1S/C16H18O2/c1-10(17)13-9-14(13)16-12-6-4-3-5-11(12)7-8-15(16)18-2/h3-8,10,13-14,17H,9H2,1-2H3/t10-,13-,14-/m0/s1. The van der Waals surface area contributed by atoms with E-state index in [0.717, 1.165) is 12.2 Å². The van der Waals surface area contributed by atoms with Crippen LogP contribution in [0.3, 0.4) is 0 Å². The van der Waals surface area contributed by atoms with Crippen LogP contribution in [0.4, 0.5) is 0 Å². The summed E-state index contributed by atoms with van der Waals surface area (Å²) in [5, 5.41) is 12.2. The molecule has 3 rings (SSSR count). The van der Waals surface area contributed by atoms with E-state index in [2.05, 4.69) is 30.3 Å². The Morgan fingerprint density at radius 3 is 2.67 bits per heavy atom. The average molecular weight is 242 g/mol. The summed E-state index contributed by atoms with van der Waals surface area (Å²) in [6.45, 7) is 1.88. The van der Waals surface area contributed by atoms with Gasteiger partial charge in [-0.05, 0) is 42.0 Å². The minimum absolute atomic E-state index is 0.237. The Morgan fingerprint density at radius 1 is 1.22 bits per heavy atom. The lowest BCUT2D eigenvalue weighted by Gasteiger charge is -2.12. The second-order valence-electron chi connectivity index (χ2n) is 5.15. The van der Waals surface area contributed by atoms with Crippen LogP contribution in [0.15, 0.2) is 36.4 Å². The van der Waals surface area contributed by atoms with Crippen molar-refractivity contribution in [1.82, 2.24) is 0 Å². The molecule has 0 heterocycles. The Balaban J connectivity index is 2.14. The summed E-state index contributed by atoms with van der Waals surface area (Å²) in [5.74, 6) is 1.76. The zero-order valence-electron chi connectivity index (χ0n) is 10.8. The summed E-state index contributed by atoms with van der Waals surface area (Å²) < 4.78 is 5.50. The van der Waals surface area contributed by atoms with Crippen LogP contribution >= 0.6 is 0 Å². The average Bonchev–Trinajstić information content (AvgIpc) is 3.17. The third-order valence-corrected chi connectivity index (χ3v) is 3.98. The van der Waals surface area contributed by atoms with Crippen LogP contribution in [0.5, 0.6) is 5.75 Å². The Hall–Kier alpha value is -1.54. The maximum absolute atomic E-state index is 9.72. The maximum atomic E-state index is 9.72. The fourth-order valence-electron chi connectivity index (χ4n) is 2.92. The minimum Gasteiger partial charge on any atom is -0.496 e. The van der Waals surface area contributed by atoms with Crippen molar-refractivity contribution < 1.29 is 9.84 Å². The lowest BCUT2D eigenvalue weighted by molar-refractivity contribution is 0.168. The highest BCUT2D eigenvalue weighted by atomic mass is 16.5. The Labute approximate surface area is 107 Å². The van der Waals surface area contributed by atoms with E-state index in [1.807, 2.05) is 13.0 Å². The number of hydrogen-bond acceptors (Lipinski definition) is 2. The molecule has 2 nitrogen and oxygen atoms in total.